The van der Waals surface area contributed by atoms with Gasteiger partial charge in [-0.3, -0.25) is 4.79 Å². The molecule has 1 aliphatic rings. The molecule has 0 spiro atoms. The highest BCUT2D eigenvalue weighted by Gasteiger charge is 2.15. The lowest BCUT2D eigenvalue weighted by Crippen LogP contribution is -2.23. The molecule has 130 valence electrons. The van der Waals surface area contributed by atoms with Crippen LogP contribution in [0.1, 0.15) is 5.56 Å². The van der Waals surface area contributed by atoms with Crippen LogP contribution in [0.2, 0.25) is 5.02 Å². The lowest BCUT2D eigenvalue weighted by atomic mass is 10.1. The van der Waals surface area contributed by atoms with Crippen LogP contribution in [0.5, 0.6) is 11.5 Å². The Labute approximate surface area is 156 Å². The van der Waals surface area contributed by atoms with E-state index in [1.165, 1.54) is 11.0 Å². The predicted molar refractivity (Wildman–Crippen MR) is 102 cm³/mol. The van der Waals surface area contributed by atoms with Gasteiger partial charge in [0.1, 0.15) is 13.2 Å². The summed E-state index contributed by atoms with van der Waals surface area (Å²) in [4.78, 5) is 13.1. The second-order valence-corrected chi connectivity index (χ2v) is 6.89. The molecule has 25 heavy (non-hydrogen) atoms. The highest BCUT2D eigenvalue weighted by molar-refractivity contribution is 7.99. The van der Waals surface area contributed by atoms with Gasteiger partial charge in [0.25, 0.3) is 0 Å². The topological polar surface area (TPSA) is 47.6 Å². The number of benzene rings is 2. The molecule has 0 atom stereocenters. The summed E-state index contributed by atoms with van der Waals surface area (Å²) < 4.78 is 11.0. The molecule has 0 aliphatic carbocycles. The molecule has 3 rings (SSSR count). The van der Waals surface area contributed by atoms with Crippen LogP contribution in [0, 0.1) is 0 Å². The van der Waals surface area contributed by atoms with Crippen LogP contribution >= 0.6 is 23.4 Å². The zero-order valence-electron chi connectivity index (χ0n) is 13.5. The molecule has 0 bridgehead atoms. The maximum absolute atomic E-state index is 11.9. The van der Waals surface area contributed by atoms with E-state index in [2.05, 4.69) is 17.4 Å². The van der Waals surface area contributed by atoms with E-state index in [1.54, 1.807) is 23.9 Å². The summed E-state index contributed by atoms with van der Waals surface area (Å²) in [5, 5.41) is 3.35. The van der Waals surface area contributed by atoms with Gasteiger partial charge in [-0.05, 0) is 35.9 Å². The SMILES string of the molecule is O=C(/C=C/c1cc(Cl)c2c(c1)OCCO2)NCCSc1ccccc1. The van der Waals surface area contributed by atoms with E-state index in [4.69, 9.17) is 21.1 Å². The van der Waals surface area contributed by atoms with Crippen LogP contribution in [0.15, 0.2) is 53.4 Å². The number of fused-ring (bicyclic) bond motifs is 1. The van der Waals surface area contributed by atoms with E-state index in [1.807, 2.05) is 24.3 Å². The molecule has 1 aliphatic heterocycles. The molecule has 2 aromatic rings. The summed E-state index contributed by atoms with van der Waals surface area (Å²) in [6.45, 7) is 1.59. The fourth-order valence-corrected chi connectivity index (χ4v) is 3.38. The highest BCUT2D eigenvalue weighted by Crippen LogP contribution is 2.38. The Morgan fingerprint density at radius 3 is 2.84 bits per heavy atom. The monoisotopic (exact) mass is 375 g/mol. The summed E-state index contributed by atoms with van der Waals surface area (Å²) in [5.74, 6) is 1.85. The summed E-state index contributed by atoms with van der Waals surface area (Å²) in [6.07, 6.45) is 3.21. The quantitative estimate of drug-likeness (QED) is 0.470. The van der Waals surface area contributed by atoms with Crippen molar-refractivity contribution in [3.05, 3.63) is 59.1 Å². The van der Waals surface area contributed by atoms with Gasteiger partial charge in [0.15, 0.2) is 11.5 Å². The molecule has 6 heteroatoms. The van der Waals surface area contributed by atoms with E-state index in [0.29, 0.717) is 36.3 Å². The third-order valence-electron chi connectivity index (χ3n) is 3.46. The van der Waals surface area contributed by atoms with Crippen LogP contribution in [0.4, 0.5) is 0 Å². The maximum Gasteiger partial charge on any atom is 0.244 e. The van der Waals surface area contributed by atoms with Crippen LogP contribution in [0.25, 0.3) is 6.08 Å². The van der Waals surface area contributed by atoms with Gasteiger partial charge in [-0.1, -0.05) is 29.8 Å². The lowest BCUT2D eigenvalue weighted by Gasteiger charge is -2.19. The summed E-state index contributed by atoms with van der Waals surface area (Å²) in [5.41, 5.74) is 0.795. The summed E-state index contributed by atoms with van der Waals surface area (Å²) >= 11 is 7.89. The zero-order chi connectivity index (χ0) is 17.5. The normalized spacial score (nSPS) is 13.0. The second-order valence-electron chi connectivity index (χ2n) is 5.31. The summed E-state index contributed by atoms with van der Waals surface area (Å²) in [7, 11) is 0. The van der Waals surface area contributed by atoms with Gasteiger partial charge >= 0.3 is 0 Å². The second kappa shape index (κ2) is 8.83. The number of thioether (sulfide) groups is 1. The number of carbonyl (C=O) groups is 1. The van der Waals surface area contributed by atoms with E-state index in [0.717, 1.165) is 11.3 Å². The van der Waals surface area contributed by atoms with Crippen LogP contribution in [-0.2, 0) is 4.79 Å². The van der Waals surface area contributed by atoms with Gasteiger partial charge in [-0.25, -0.2) is 0 Å². The molecule has 0 saturated heterocycles. The van der Waals surface area contributed by atoms with Gasteiger partial charge in [-0.15, -0.1) is 11.8 Å². The van der Waals surface area contributed by atoms with Gasteiger partial charge in [0, 0.05) is 23.3 Å². The Morgan fingerprint density at radius 2 is 2.00 bits per heavy atom. The third kappa shape index (κ3) is 5.18. The number of hydrogen-bond donors (Lipinski definition) is 1. The van der Waals surface area contributed by atoms with Crippen molar-refractivity contribution >= 4 is 35.3 Å². The van der Waals surface area contributed by atoms with E-state index in [-0.39, 0.29) is 5.91 Å². The molecule has 1 N–H and O–H groups in total. The van der Waals surface area contributed by atoms with E-state index >= 15 is 0 Å². The Balaban J connectivity index is 1.48. The molecular formula is C19H18ClNO3S. The standard InChI is InChI=1S/C19H18ClNO3S/c20-16-12-14(13-17-19(16)24-10-9-23-17)6-7-18(22)21-8-11-25-15-4-2-1-3-5-15/h1-7,12-13H,8-11H2,(H,21,22)/b7-6+. The highest BCUT2D eigenvalue weighted by atomic mass is 35.5. The Bertz CT molecular complexity index is 765. The van der Waals surface area contributed by atoms with Crippen molar-refractivity contribution in [1.29, 1.82) is 0 Å². The number of amides is 1. The molecule has 0 fully saturated rings. The molecule has 0 unspecified atom stereocenters. The fourth-order valence-electron chi connectivity index (χ4n) is 2.32. The number of nitrogens with one attached hydrogen (secondary N) is 1. The Hall–Kier alpha value is -2.11. The van der Waals surface area contributed by atoms with Crippen molar-refractivity contribution in [2.45, 2.75) is 4.90 Å². The van der Waals surface area contributed by atoms with Gasteiger partial charge < -0.3 is 14.8 Å². The van der Waals surface area contributed by atoms with Crippen LogP contribution in [0.3, 0.4) is 0 Å². The zero-order valence-corrected chi connectivity index (χ0v) is 15.1. The minimum atomic E-state index is -0.139. The Kier molecular flexibility index (Phi) is 6.25. The Morgan fingerprint density at radius 1 is 1.20 bits per heavy atom. The number of rotatable bonds is 6. The van der Waals surface area contributed by atoms with Crippen LogP contribution in [-0.4, -0.2) is 31.4 Å². The smallest absolute Gasteiger partial charge is 0.244 e. The fraction of sp³-hybridized carbons (Fsp3) is 0.211. The number of carbonyl (C=O) groups excluding carboxylic acids is 1. The van der Waals surface area contributed by atoms with E-state index < -0.39 is 0 Å². The first kappa shape index (κ1) is 17.7. The average Bonchev–Trinajstić information content (AvgIpc) is 2.64. The number of hydrogen-bond acceptors (Lipinski definition) is 4. The van der Waals surface area contributed by atoms with Crippen LogP contribution < -0.4 is 14.8 Å². The number of halogens is 1. The molecule has 1 amide bonds. The minimum Gasteiger partial charge on any atom is -0.486 e. The van der Waals surface area contributed by atoms with E-state index in [9.17, 15) is 4.79 Å². The number of ether oxygens (including phenoxy) is 2. The maximum atomic E-state index is 11.9. The molecule has 4 nitrogen and oxygen atoms in total. The van der Waals surface area contributed by atoms with Gasteiger partial charge in [0.2, 0.25) is 5.91 Å². The first-order valence-electron chi connectivity index (χ1n) is 7.95. The average molecular weight is 376 g/mol. The first-order valence-corrected chi connectivity index (χ1v) is 9.31. The third-order valence-corrected chi connectivity index (χ3v) is 4.75. The summed E-state index contributed by atoms with van der Waals surface area (Å²) in [6, 6.07) is 13.7. The minimum absolute atomic E-state index is 0.139. The van der Waals surface area contributed by atoms with Crippen molar-refractivity contribution in [2.24, 2.45) is 0 Å². The molecule has 2 aromatic carbocycles. The molecular weight excluding hydrogens is 358 g/mol. The largest absolute Gasteiger partial charge is 0.486 e. The predicted octanol–water partition coefficient (Wildman–Crippen LogP) is 4.03. The van der Waals surface area contributed by atoms with Crippen molar-refractivity contribution in [1.82, 2.24) is 5.32 Å². The van der Waals surface area contributed by atoms with Crippen molar-refractivity contribution in [2.75, 3.05) is 25.5 Å². The van der Waals surface area contributed by atoms with Gasteiger partial charge in [0.05, 0.1) is 5.02 Å². The van der Waals surface area contributed by atoms with Crippen molar-refractivity contribution in [3.8, 4) is 11.5 Å². The van der Waals surface area contributed by atoms with Crippen molar-refractivity contribution in [3.63, 3.8) is 0 Å². The lowest BCUT2D eigenvalue weighted by molar-refractivity contribution is -0.116. The molecule has 0 radical (unpaired) electrons. The first-order chi connectivity index (χ1) is 12.2. The molecule has 0 saturated carbocycles. The molecule has 1 heterocycles. The molecule has 0 aromatic heterocycles. The van der Waals surface area contributed by atoms with Gasteiger partial charge in [-0.2, -0.15) is 0 Å². The van der Waals surface area contributed by atoms with Crippen molar-refractivity contribution < 1.29 is 14.3 Å².